The fourth-order valence-corrected chi connectivity index (χ4v) is 1.55. The largest absolute Gasteiger partial charge is 0.394 e. The number of halogens is 1. The first-order chi connectivity index (χ1) is 6.00. The average Bonchev–Trinajstić information content (AvgIpc) is 2.30. The zero-order valence-corrected chi connectivity index (χ0v) is 8.25. The van der Waals surface area contributed by atoms with Gasteiger partial charge in [-0.1, -0.05) is 11.6 Å². The maximum atomic E-state index is 11.3. The third-order valence-electron chi connectivity index (χ3n) is 1.99. The summed E-state index contributed by atoms with van der Waals surface area (Å²) in [5.41, 5.74) is 5.78. The fourth-order valence-electron chi connectivity index (χ4n) is 1.21. The van der Waals surface area contributed by atoms with Crippen molar-refractivity contribution in [2.45, 2.75) is 6.04 Å². The van der Waals surface area contributed by atoms with Gasteiger partial charge in [0.15, 0.2) is 0 Å². The van der Waals surface area contributed by atoms with Crippen LogP contribution in [0.3, 0.4) is 0 Å². The molecule has 1 atom stereocenters. The van der Waals surface area contributed by atoms with E-state index < -0.39 is 6.04 Å². The molecule has 0 fully saturated rings. The zero-order valence-electron chi connectivity index (χ0n) is 7.49. The molecule has 13 heavy (non-hydrogen) atoms. The van der Waals surface area contributed by atoms with Crippen molar-refractivity contribution in [3.8, 4) is 0 Å². The number of nitrogens with two attached hydrogens (primary N) is 1. The van der Waals surface area contributed by atoms with E-state index in [1.54, 1.807) is 14.1 Å². The molecule has 3 N–H and O–H groups in total. The van der Waals surface area contributed by atoms with Crippen molar-refractivity contribution >= 4 is 11.6 Å². The summed E-state index contributed by atoms with van der Waals surface area (Å²) in [4.78, 5) is 11.3. The first kappa shape index (κ1) is 10.3. The minimum atomic E-state index is -0.619. The second-order valence-electron chi connectivity index (χ2n) is 2.87. The monoisotopic (exact) mass is 205 g/mol. The lowest BCUT2D eigenvalue weighted by Gasteiger charge is -2.08. The molecule has 1 aromatic heterocycles. The molecule has 6 heteroatoms. The molecule has 0 saturated heterocycles. The van der Waals surface area contributed by atoms with E-state index in [9.17, 15) is 4.79 Å². The van der Waals surface area contributed by atoms with E-state index in [1.807, 2.05) is 0 Å². The lowest BCUT2D eigenvalue weighted by molar-refractivity contribution is 0.264. The van der Waals surface area contributed by atoms with Gasteiger partial charge < -0.3 is 10.8 Å². The number of hydrogen-bond acceptors (Lipinski definition) is 3. The summed E-state index contributed by atoms with van der Waals surface area (Å²) in [5.74, 6) is 0. The standard InChI is InChI=1S/C7H12ClN3O2/c1-10-5(4(9)3-12)6(8)11(2)7(10)13/h4,12H,3,9H2,1-2H3. The van der Waals surface area contributed by atoms with Crippen LogP contribution in [0.4, 0.5) is 0 Å². The number of nitrogens with zero attached hydrogens (tertiary/aromatic N) is 2. The van der Waals surface area contributed by atoms with Crippen LogP contribution in [0.15, 0.2) is 4.79 Å². The highest BCUT2D eigenvalue weighted by Crippen LogP contribution is 2.18. The van der Waals surface area contributed by atoms with E-state index in [0.717, 1.165) is 0 Å². The Morgan fingerprint density at radius 3 is 2.38 bits per heavy atom. The highest BCUT2D eigenvalue weighted by atomic mass is 35.5. The van der Waals surface area contributed by atoms with E-state index >= 15 is 0 Å². The molecule has 1 unspecified atom stereocenters. The Morgan fingerprint density at radius 1 is 1.54 bits per heavy atom. The second kappa shape index (κ2) is 3.53. The molecule has 0 aliphatic heterocycles. The van der Waals surface area contributed by atoms with Crippen molar-refractivity contribution < 1.29 is 5.11 Å². The van der Waals surface area contributed by atoms with Crippen LogP contribution in [-0.2, 0) is 14.1 Å². The van der Waals surface area contributed by atoms with Crippen LogP contribution in [0.25, 0.3) is 0 Å². The number of imidazole rings is 1. The van der Waals surface area contributed by atoms with Crippen molar-refractivity contribution in [3.05, 3.63) is 21.3 Å². The van der Waals surface area contributed by atoms with E-state index in [4.69, 9.17) is 22.4 Å². The highest BCUT2D eigenvalue weighted by molar-refractivity contribution is 6.30. The maximum Gasteiger partial charge on any atom is 0.329 e. The molecule has 0 radical (unpaired) electrons. The first-order valence-corrected chi connectivity index (χ1v) is 4.16. The van der Waals surface area contributed by atoms with Crippen LogP contribution in [0.5, 0.6) is 0 Å². The minimum absolute atomic E-state index is 0.239. The van der Waals surface area contributed by atoms with Gasteiger partial charge in [0.25, 0.3) is 0 Å². The molecule has 74 valence electrons. The summed E-state index contributed by atoms with van der Waals surface area (Å²) in [7, 11) is 3.12. The van der Waals surface area contributed by atoms with E-state index in [0.29, 0.717) is 5.69 Å². The van der Waals surface area contributed by atoms with Crippen LogP contribution in [0, 0.1) is 0 Å². The van der Waals surface area contributed by atoms with Crippen LogP contribution in [-0.4, -0.2) is 20.8 Å². The summed E-state index contributed by atoms with van der Waals surface area (Å²) < 4.78 is 2.62. The Bertz CT molecular complexity index is 369. The lowest BCUT2D eigenvalue weighted by atomic mass is 10.2. The van der Waals surface area contributed by atoms with Crippen LogP contribution in [0.2, 0.25) is 5.15 Å². The van der Waals surface area contributed by atoms with E-state index in [1.165, 1.54) is 9.13 Å². The van der Waals surface area contributed by atoms with Crippen LogP contribution in [0.1, 0.15) is 11.7 Å². The number of aliphatic hydroxyl groups excluding tert-OH is 1. The molecule has 5 nitrogen and oxygen atoms in total. The SMILES string of the molecule is Cn1c(Cl)c(C(N)CO)n(C)c1=O. The molecule has 0 aliphatic rings. The van der Waals surface area contributed by atoms with Crippen LogP contribution >= 0.6 is 11.6 Å². The normalized spacial score (nSPS) is 13.3. The van der Waals surface area contributed by atoms with E-state index in [-0.39, 0.29) is 17.4 Å². The predicted octanol–water partition coefficient (Wildman–Crippen LogP) is -0.631. The lowest BCUT2D eigenvalue weighted by Crippen LogP contribution is -2.24. The molecule has 0 spiro atoms. The smallest absolute Gasteiger partial charge is 0.329 e. The van der Waals surface area contributed by atoms with E-state index in [2.05, 4.69) is 0 Å². The number of aliphatic hydroxyl groups is 1. The molecular weight excluding hydrogens is 194 g/mol. The molecule has 0 saturated carbocycles. The summed E-state index contributed by atoms with van der Waals surface area (Å²) in [6.45, 7) is -0.239. The Balaban J connectivity index is 3.37. The third kappa shape index (κ3) is 1.50. The Morgan fingerprint density at radius 2 is 2.08 bits per heavy atom. The Labute approximate surface area is 80.3 Å². The first-order valence-electron chi connectivity index (χ1n) is 3.78. The minimum Gasteiger partial charge on any atom is -0.394 e. The highest BCUT2D eigenvalue weighted by Gasteiger charge is 2.18. The van der Waals surface area contributed by atoms with Gasteiger partial charge in [-0.15, -0.1) is 0 Å². The number of hydrogen-bond donors (Lipinski definition) is 2. The predicted molar refractivity (Wildman–Crippen MR) is 49.7 cm³/mol. The van der Waals surface area contributed by atoms with Gasteiger partial charge in [0.05, 0.1) is 18.3 Å². The molecule has 0 bridgehead atoms. The maximum absolute atomic E-state index is 11.3. The fraction of sp³-hybridized carbons (Fsp3) is 0.571. The van der Waals surface area contributed by atoms with Crippen LogP contribution < -0.4 is 11.4 Å². The van der Waals surface area contributed by atoms with Crippen molar-refractivity contribution in [1.29, 1.82) is 0 Å². The number of aromatic nitrogens is 2. The molecule has 1 aromatic rings. The molecule has 0 aliphatic carbocycles. The number of rotatable bonds is 2. The molecular formula is C7H12ClN3O2. The topological polar surface area (TPSA) is 73.2 Å². The van der Waals surface area contributed by atoms with Gasteiger partial charge in [0, 0.05) is 14.1 Å². The Hall–Kier alpha value is -0.780. The molecule has 0 amide bonds. The summed E-state index contributed by atoms with van der Waals surface area (Å²) in [5, 5.41) is 9.10. The van der Waals surface area contributed by atoms with Gasteiger partial charge >= 0.3 is 5.69 Å². The molecule has 0 aromatic carbocycles. The summed E-state index contributed by atoms with van der Waals surface area (Å²) >= 11 is 5.84. The quantitative estimate of drug-likeness (QED) is 0.675. The second-order valence-corrected chi connectivity index (χ2v) is 3.22. The van der Waals surface area contributed by atoms with Crippen molar-refractivity contribution in [2.24, 2.45) is 19.8 Å². The van der Waals surface area contributed by atoms with Gasteiger partial charge in [-0.25, -0.2) is 4.79 Å². The summed E-state index contributed by atoms with van der Waals surface area (Å²) in [6, 6.07) is -0.619. The van der Waals surface area contributed by atoms with Gasteiger partial charge in [-0.3, -0.25) is 9.13 Å². The Kier molecular flexibility index (Phi) is 2.80. The summed E-state index contributed by atoms with van der Waals surface area (Å²) in [6.07, 6.45) is 0. The molecule has 1 rings (SSSR count). The van der Waals surface area contributed by atoms with Crippen molar-refractivity contribution in [3.63, 3.8) is 0 Å². The van der Waals surface area contributed by atoms with Gasteiger partial charge in [-0.05, 0) is 0 Å². The van der Waals surface area contributed by atoms with Gasteiger partial charge in [0.1, 0.15) is 5.15 Å². The van der Waals surface area contributed by atoms with Gasteiger partial charge in [-0.2, -0.15) is 0 Å². The third-order valence-corrected chi connectivity index (χ3v) is 2.44. The molecule has 1 heterocycles. The zero-order chi connectivity index (χ0) is 10.2. The van der Waals surface area contributed by atoms with Gasteiger partial charge in [0.2, 0.25) is 0 Å². The van der Waals surface area contributed by atoms with Crippen molar-refractivity contribution in [1.82, 2.24) is 9.13 Å². The van der Waals surface area contributed by atoms with Crippen molar-refractivity contribution in [2.75, 3.05) is 6.61 Å². The average molecular weight is 206 g/mol.